The average molecular weight is 316 g/mol. The fraction of sp³-hybridized carbons (Fsp3) is 0.500. The number of ketones is 1. The molecule has 0 saturated carbocycles. The largest absolute Gasteiger partial charge is 0.332 e. The molecule has 0 atom stereocenters. The molecule has 23 heavy (non-hydrogen) atoms. The van der Waals surface area contributed by atoms with Crippen LogP contribution in [0, 0.1) is 5.92 Å². The highest BCUT2D eigenvalue weighted by atomic mass is 16.2. The maximum atomic E-state index is 12.4. The zero-order valence-corrected chi connectivity index (χ0v) is 14.0. The van der Waals surface area contributed by atoms with Gasteiger partial charge in [0.15, 0.2) is 5.78 Å². The molecule has 0 spiro atoms. The predicted octanol–water partition coefficient (Wildman–Crippen LogP) is 2.50. The van der Waals surface area contributed by atoms with Gasteiger partial charge in [0.1, 0.15) is 6.54 Å². The molecule has 0 N–H and O–H groups in total. The minimum Gasteiger partial charge on any atom is -0.332 e. The summed E-state index contributed by atoms with van der Waals surface area (Å²) in [6.07, 6.45) is 1.33. The van der Waals surface area contributed by atoms with Crippen molar-refractivity contribution in [3.63, 3.8) is 0 Å². The lowest BCUT2D eigenvalue weighted by Crippen LogP contribution is -2.52. The van der Waals surface area contributed by atoms with E-state index in [0.29, 0.717) is 31.0 Å². The summed E-state index contributed by atoms with van der Waals surface area (Å²) in [7, 11) is 0. The smallest absolute Gasteiger partial charge is 0.246 e. The predicted molar refractivity (Wildman–Crippen MR) is 89.5 cm³/mol. The van der Waals surface area contributed by atoms with Gasteiger partial charge in [-0.25, -0.2) is 0 Å². The van der Waals surface area contributed by atoms with E-state index < -0.39 is 0 Å². The molecule has 1 saturated heterocycles. The highest BCUT2D eigenvalue weighted by Gasteiger charge is 2.28. The average Bonchev–Trinajstić information content (AvgIpc) is 2.52. The summed E-state index contributed by atoms with van der Waals surface area (Å²) in [5.74, 6) is 0.395. The van der Waals surface area contributed by atoms with Crippen LogP contribution in [0.2, 0.25) is 0 Å². The minimum absolute atomic E-state index is 0.0261. The minimum atomic E-state index is -0.102. The van der Waals surface area contributed by atoms with Gasteiger partial charge in [-0.3, -0.25) is 14.4 Å². The van der Waals surface area contributed by atoms with Crippen LogP contribution in [-0.2, 0) is 9.59 Å². The van der Waals surface area contributed by atoms with E-state index >= 15 is 0 Å². The number of benzene rings is 1. The van der Waals surface area contributed by atoms with Crippen molar-refractivity contribution in [2.24, 2.45) is 5.92 Å². The molecular formula is C18H24N2O3. The Hall–Kier alpha value is -2.17. The molecule has 5 heteroatoms. The van der Waals surface area contributed by atoms with Crippen molar-refractivity contribution in [3.05, 3.63) is 29.8 Å². The maximum absolute atomic E-state index is 12.4. The summed E-state index contributed by atoms with van der Waals surface area (Å²) >= 11 is 0. The summed E-state index contributed by atoms with van der Waals surface area (Å²) in [6.45, 7) is 6.78. The Morgan fingerprint density at radius 1 is 1.22 bits per heavy atom. The molecule has 1 aliphatic heterocycles. The summed E-state index contributed by atoms with van der Waals surface area (Å²) in [4.78, 5) is 39.3. The SMILES string of the molecule is CC(=O)c1cccc(N2CCN(C(=O)CCC(C)C)CC2=O)c1. The summed E-state index contributed by atoms with van der Waals surface area (Å²) in [5.41, 5.74) is 1.31. The van der Waals surface area contributed by atoms with Crippen LogP contribution >= 0.6 is 0 Å². The number of hydrogen-bond donors (Lipinski definition) is 0. The number of nitrogens with zero attached hydrogens (tertiary/aromatic N) is 2. The standard InChI is InChI=1S/C18H24N2O3/c1-13(2)7-8-17(22)19-9-10-20(18(23)12-19)16-6-4-5-15(11-16)14(3)21/h4-6,11,13H,7-10,12H2,1-3H3. The van der Waals surface area contributed by atoms with Crippen molar-refractivity contribution in [1.29, 1.82) is 0 Å². The van der Waals surface area contributed by atoms with Gasteiger partial charge in [-0.15, -0.1) is 0 Å². The summed E-state index contributed by atoms with van der Waals surface area (Å²) < 4.78 is 0. The van der Waals surface area contributed by atoms with E-state index in [4.69, 9.17) is 0 Å². The lowest BCUT2D eigenvalue weighted by molar-refractivity contribution is -0.137. The Morgan fingerprint density at radius 3 is 2.57 bits per heavy atom. The van der Waals surface area contributed by atoms with E-state index in [2.05, 4.69) is 13.8 Å². The van der Waals surface area contributed by atoms with Gasteiger partial charge < -0.3 is 9.80 Å². The fourth-order valence-corrected chi connectivity index (χ4v) is 2.62. The molecule has 0 aromatic heterocycles. The highest BCUT2D eigenvalue weighted by molar-refractivity contribution is 6.00. The number of carbonyl (C=O) groups is 3. The first-order valence-electron chi connectivity index (χ1n) is 8.07. The van der Waals surface area contributed by atoms with Crippen LogP contribution in [0.4, 0.5) is 5.69 Å². The van der Waals surface area contributed by atoms with Crippen LogP contribution in [-0.4, -0.2) is 42.1 Å². The van der Waals surface area contributed by atoms with Gasteiger partial charge in [-0.1, -0.05) is 26.0 Å². The molecule has 0 bridgehead atoms. The van der Waals surface area contributed by atoms with Gasteiger partial charge in [0, 0.05) is 30.8 Å². The Morgan fingerprint density at radius 2 is 1.96 bits per heavy atom. The second-order valence-corrected chi connectivity index (χ2v) is 6.40. The molecule has 1 aromatic carbocycles. The molecular weight excluding hydrogens is 292 g/mol. The third-order valence-electron chi connectivity index (χ3n) is 4.07. The third kappa shape index (κ3) is 4.41. The highest BCUT2D eigenvalue weighted by Crippen LogP contribution is 2.20. The Balaban J connectivity index is 2.01. The van der Waals surface area contributed by atoms with E-state index in [1.165, 1.54) is 6.92 Å². The van der Waals surface area contributed by atoms with E-state index in [1.54, 1.807) is 28.0 Å². The normalized spacial score (nSPS) is 15.2. The van der Waals surface area contributed by atoms with E-state index in [9.17, 15) is 14.4 Å². The van der Waals surface area contributed by atoms with Crippen molar-refractivity contribution in [2.75, 3.05) is 24.5 Å². The van der Waals surface area contributed by atoms with Crippen LogP contribution in [0.25, 0.3) is 0 Å². The topological polar surface area (TPSA) is 57.7 Å². The van der Waals surface area contributed by atoms with E-state index in [0.717, 1.165) is 12.1 Å². The summed E-state index contributed by atoms with van der Waals surface area (Å²) in [5, 5.41) is 0. The Labute approximate surface area is 137 Å². The number of anilines is 1. The van der Waals surface area contributed by atoms with Crippen molar-refractivity contribution in [1.82, 2.24) is 4.90 Å². The second-order valence-electron chi connectivity index (χ2n) is 6.40. The molecule has 2 amide bonds. The lowest BCUT2D eigenvalue weighted by atomic mass is 10.1. The first kappa shape index (κ1) is 17.2. The van der Waals surface area contributed by atoms with Crippen molar-refractivity contribution in [2.45, 2.75) is 33.6 Å². The van der Waals surface area contributed by atoms with Crippen LogP contribution in [0.1, 0.15) is 44.0 Å². The van der Waals surface area contributed by atoms with Crippen LogP contribution in [0.5, 0.6) is 0 Å². The molecule has 5 nitrogen and oxygen atoms in total. The number of piperazine rings is 1. The number of Topliss-reactive ketones (excluding diaryl/α,β-unsaturated/α-hetero) is 1. The van der Waals surface area contributed by atoms with Crippen LogP contribution in [0.3, 0.4) is 0 Å². The Bertz CT molecular complexity index is 610. The molecule has 2 rings (SSSR count). The number of amides is 2. The van der Waals surface area contributed by atoms with Gasteiger partial charge >= 0.3 is 0 Å². The van der Waals surface area contributed by atoms with Crippen LogP contribution in [0.15, 0.2) is 24.3 Å². The number of rotatable bonds is 5. The van der Waals surface area contributed by atoms with E-state index in [1.807, 2.05) is 6.07 Å². The quantitative estimate of drug-likeness (QED) is 0.784. The molecule has 1 aliphatic rings. The van der Waals surface area contributed by atoms with Gasteiger partial charge in [-0.2, -0.15) is 0 Å². The molecule has 1 heterocycles. The van der Waals surface area contributed by atoms with Gasteiger partial charge in [0.2, 0.25) is 11.8 Å². The molecule has 1 fully saturated rings. The van der Waals surface area contributed by atoms with Gasteiger partial charge in [-0.05, 0) is 31.4 Å². The van der Waals surface area contributed by atoms with E-state index in [-0.39, 0.29) is 24.1 Å². The first-order valence-corrected chi connectivity index (χ1v) is 8.07. The summed E-state index contributed by atoms with van der Waals surface area (Å²) in [6, 6.07) is 7.07. The first-order chi connectivity index (χ1) is 10.9. The lowest BCUT2D eigenvalue weighted by Gasteiger charge is -2.34. The number of carbonyl (C=O) groups excluding carboxylic acids is 3. The molecule has 0 radical (unpaired) electrons. The third-order valence-corrected chi connectivity index (χ3v) is 4.07. The van der Waals surface area contributed by atoms with Gasteiger partial charge in [0.05, 0.1) is 0 Å². The van der Waals surface area contributed by atoms with Crippen molar-refractivity contribution in [3.8, 4) is 0 Å². The van der Waals surface area contributed by atoms with Crippen molar-refractivity contribution >= 4 is 23.3 Å². The van der Waals surface area contributed by atoms with Crippen molar-refractivity contribution < 1.29 is 14.4 Å². The Kier molecular flexibility index (Phi) is 5.53. The molecule has 1 aromatic rings. The zero-order chi connectivity index (χ0) is 17.0. The van der Waals surface area contributed by atoms with Crippen LogP contribution < -0.4 is 4.90 Å². The zero-order valence-electron chi connectivity index (χ0n) is 14.0. The molecule has 124 valence electrons. The molecule has 0 aliphatic carbocycles. The van der Waals surface area contributed by atoms with Gasteiger partial charge in [0.25, 0.3) is 0 Å². The monoisotopic (exact) mass is 316 g/mol. The number of hydrogen-bond acceptors (Lipinski definition) is 3. The fourth-order valence-electron chi connectivity index (χ4n) is 2.62. The maximum Gasteiger partial charge on any atom is 0.246 e. The molecule has 0 unspecified atom stereocenters. The second kappa shape index (κ2) is 7.40.